The number of halogens is 1. The molecule has 0 radical (unpaired) electrons. The highest BCUT2D eigenvalue weighted by Gasteiger charge is 2.29. The Morgan fingerprint density at radius 1 is 1.15 bits per heavy atom. The summed E-state index contributed by atoms with van der Waals surface area (Å²) in [6.07, 6.45) is 9.96. The molecule has 1 aliphatic carbocycles. The van der Waals surface area contributed by atoms with Gasteiger partial charge in [0.1, 0.15) is 17.3 Å². The fraction of sp³-hybridized carbons (Fsp3) is 0.545. The van der Waals surface area contributed by atoms with Crippen LogP contribution in [0.15, 0.2) is 24.3 Å². The fourth-order valence-electron chi connectivity index (χ4n) is 4.54. The second kappa shape index (κ2) is 7.83. The average molecular weight is 369 g/mol. The Labute approximate surface area is 160 Å². The van der Waals surface area contributed by atoms with Crippen LogP contribution in [-0.4, -0.2) is 33.4 Å². The Morgan fingerprint density at radius 3 is 2.70 bits per heavy atom. The molecule has 0 unspecified atom stereocenters. The average Bonchev–Trinajstić information content (AvgIpc) is 2.88. The van der Waals surface area contributed by atoms with Crippen LogP contribution in [0, 0.1) is 5.82 Å². The summed E-state index contributed by atoms with van der Waals surface area (Å²) in [6.45, 7) is 0.842. The number of nitrogens with zero attached hydrogens (tertiary/aromatic N) is 3. The summed E-state index contributed by atoms with van der Waals surface area (Å²) in [7, 11) is 1.92. The molecule has 0 saturated heterocycles. The molecule has 4 rings (SSSR count). The minimum Gasteiger partial charge on any atom is -0.337 e. The number of carbonyl (C=O) groups is 1. The third-order valence-corrected chi connectivity index (χ3v) is 6.10. The normalized spacial score (nSPS) is 18.0. The lowest BCUT2D eigenvalue weighted by molar-refractivity contribution is 0.0689. The van der Waals surface area contributed by atoms with Crippen LogP contribution >= 0.6 is 0 Å². The highest BCUT2D eigenvalue weighted by atomic mass is 19.1. The number of amides is 1. The number of benzene rings is 1. The molecule has 2 heterocycles. The third kappa shape index (κ3) is 3.64. The Kier molecular flexibility index (Phi) is 5.28. The predicted octanol–water partition coefficient (Wildman–Crippen LogP) is 4.82. The number of fused-ring (bicyclic) bond motifs is 1. The van der Waals surface area contributed by atoms with Gasteiger partial charge in [0.15, 0.2) is 0 Å². The number of hydrogen-bond donors (Lipinski definition) is 0. The lowest BCUT2D eigenvalue weighted by Gasteiger charge is -2.31. The standard InChI is InChI=1S/C22H28FN3O/c1-25(18-11-4-2-5-12-18)22(27)20-19-13-6-3-7-14-26(19)21(24-20)16-9-8-10-17(23)15-16/h8-10,15,18H,2-7,11-14H2,1H3. The van der Waals surface area contributed by atoms with E-state index in [1.807, 2.05) is 18.0 Å². The molecule has 1 saturated carbocycles. The van der Waals surface area contributed by atoms with Crippen molar-refractivity contribution in [2.24, 2.45) is 0 Å². The quantitative estimate of drug-likeness (QED) is 0.778. The molecule has 0 N–H and O–H groups in total. The summed E-state index contributed by atoms with van der Waals surface area (Å²) in [5.74, 6) is 0.479. The maximum atomic E-state index is 13.8. The summed E-state index contributed by atoms with van der Waals surface area (Å²) in [6, 6.07) is 6.85. The molecule has 2 aliphatic rings. The maximum absolute atomic E-state index is 13.8. The zero-order valence-corrected chi connectivity index (χ0v) is 16.1. The fourth-order valence-corrected chi connectivity index (χ4v) is 4.54. The van der Waals surface area contributed by atoms with Gasteiger partial charge in [-0.15, -0.1) is 0 Å². The molecule has 144 valence electrons. The molecule has 1 aliphatic heterocycles. The molecule has 0 bridgehead atoms. The van der Waals surface area contributed by atoms with Gasteiger partial charge >= 0.3 is 0 Å². The van der Waals surface area contributed by atoms with Crippen molar-refractivity contribution in [3.63, 3.8) is 0 Å². The monoisotopic (exact) mass is 369 g/mol. The lowest BCUT2D eigenvalue weighted by Crippen LogP contribution is -2.38. The highest BCUT2D eigenvalue weighted by molar-refractivity contribution is 5.94. The van der Waals surface area contributed by atoms with Gasteiger partial charge in [-0.3, -0.25) is 4.79 Å². The van der Waals surface area contributed by atoms with E-state index in [1.165, 1.54) is 31.4 Å². The van der Waals surface area contributed by atoms with Crippen molar-refractivity contribution in [3.05, 3.63) is 41.5 Å². The van der Waals surface area contributed by atoms with Gasteiger partial charge in [0, 0.05) is 25.2 Å². The SMILES string of the molecule is CN(C(=O)c1nc(-c2cccc(F)c2)n2c1CCCCC2)C1CCCCC1. The first kappa shape index (κ1) is 18.2. The molecule has 0 spiro atoms. The highest BCUT2D eigenvalue weighted by Crippen LogP contribution is 2.29. The Morgan fingerprint density at radius 2 is 1.93 bits per heavy atom. The molecular weight excluding hydrogens is 341 g/mol. The number of rotatable bonds is 3. The van der Waals surface area contributed by atoms with Crippen LogP contribution in [0.3, 0.4) is 0 Å². The van der Waals surface area contributed by atoms with Crippen LogP contribution in [0.1, 0.15) is 67.5 Å². The number of aromatic nitrogens is 2. The molecule has 27 heavy (non-hydrogen) atoms. The van der Waals surface area contributed by atoms with Crippen LogP contribution in [0.2, 0.25) is 0 Å². The zero-order valence-electron chi connectivity index (χ0n) is 16.1. The van der Waals surface area contributed by atoms with Gasteiger partial charge in [-0.25, -0.2) is 9.37 Å². The van der Waals surface area contributed by atoms with Gasteiger partial charge in [-0.05, 0) is 44.2 Å². The van der Waals surface area contributed by atoms with Crippen LogP contribution in [0.4, 0.5) is 4.39 Å². The maximum Gasteiger partial charge on any atom is 0.274 e. The van der Waals surface area contributed by atoms with E-state index in [0.29, 0.717) is 11.7 Å². The van der Waals surface area contributed by atoms with Crippen molar-refractivity contribution in [2.75, 3.05) is 7.05 Å². The summed E-state index contributed by atoms with van der Waals surface area (Å²) in [5, 5.41) is 0. The van der Waals surface area contributed by atoms with E-state index >= 15 is 0 Å². The van der Waals surface area contributed by atoms with E-state index in [2.05, 4.69) is 4.57 Å². The first-order chi connectivity index (χ1) is 13.1. The van der Waals surface area contributed by atoms with Gasteiger partial charge in [0.05, 0.1) is 5.69 Å². The van der Waals surface area contributed by atoms with Gasteiger partial charge < -0.3 is 9.47 Å². The Hall–Kier alpha value is -2.17. The van der Waals surface area contributed by atoms with Gasteiger partial charge in [-0.1, -0.05) is 37.8 Å². The smallest absolute Gasteiger partial charge is 0.274 e. The van der Waals surface area contributed by atoms with Crippen LogP contribution in [0.25, 0.3) is 11.4 Å². The predicted molar refractivity (Wildman–Crippen MR) is 104 cm³/mol. The first-order valence-electron chi connectivity index (χ1n) is 10.3. The molecule has 1 amide bonds. The van der Waals surface area contributed by atoms with Crippen molar-refractivity contribution in [1.29, 1.82) is 0 Å². The van der Waals surface area contributed by atoms with Crippen molar-refractivity contribution in [3.8, 4) is 11.4 Å². The largest absolute Gasteiger partial charge is 0.337 e. The van der Waals surface area contributed by atoms with Gasteiger partial charge in [0.25, 0.3) is 5.91 Å². The summed E-state index contributed by atoms with van der Waals surface area (Å²) < 4.78 is 15.9. The summed E-state index contributed by atoms with van der Waals surface area (Å²) >= 11 is 0. The zero-order chi connectivity index (χ0) is 18.8. The molecule has 1 fully saturated rings. The van der Waals surface area contributed by atoms with Crippen LogP contribution in [0.5, 0.6) is 0 Å². The van der Waals surface area contributed by atoms with Crippen molar-refractivity contribution in [2.45, 2.75) is 70.4 Å². The number of hydrogen-bond acceptors (Lipinski definition) is 2. The van der Waals surface area contributed by atoms with E-state index < -0.39 is 0 Å². The lowest BCUT2D eigenvalue weighted by atomic mass is 9.94. The number of imidazole rings is 1. The molecule has 1 aromatic carbocycles. The topological polar surface area (TPSA) is 38.1 Å². The first-order valence-corrected chi connectivity index (χ1v) is 10.3. The van der Waals surface area contributed by atoms with E-state index in [4.69, 9.17) is 4.98 Å². The van der Waals surface area contributed by atoms with E-state index in [9.17, 15) is 9.18 Å². The molecule has 5 heteroatoms. The van der Waals surface area contributed by atoms with E-state index in [-0.39, 0.29) is 11.7 Å². The van der Waals surface area contributed by atoms with Crippen LogP contribution in [-0.2, 0) is 13.0 Å². The summed E-state index contributed by atoms with van der Waals surface area (Å²) in [5.41, 5.74) is 2.35. The van der Waals surface area contributed by atoms with E-state index in [1.54, 1.807) is 6.07 Å². The van der Waals surface area contributed by atoms with Crippen molar-refractivity contribution < 1.29 is 9.18 Å². The van der Waals surface area contributed by atoms with Crippen molar-refractivity contribution >= 4 is 5.91 Å². The molecule has 0 atom stereocenters. The minimum absolute atomic E-state index is 0.0233. The second-order valence-corrected chi connectivity index (χ2v) is 7.91. The van der Waals surface area contributed by atoms with E-state index in [0.717, 1.165) is 62.2 Å². The third-order valence-electron chi connectivity index (χ3n) is 6.10. The molecule has 2 aromatic rings. The van der Waals surface area contributed by atoms with Crippen LogP contribution < -0.4 is 0 Å². The molecule has 4 nitrogen and oxygen atoms in total. The Bertz CT molecular complexity index is 823. The second-order valence-electron chi connectivity index (χ2n) is 7.91. The number of carbonyl (C=O) groups excluding carboxylic acids is 1. The minimum atomic E-state index is -0.273. The molecule has 1 aromatic heterocycles. The summed E-state index contributed by atoms with van der Waals surface area (Å²) in [4.78, 5) is 20.0. The Balaban J connectivity index is 1.73. The van der Waals surface area contributed by atoms with Gasteiger partial charge in [0.2, 0.25) is 0 Å². The molecular formula is C22H28FN3O. The van der Waals surface area contributed by atoms with Gasteiger partial charge in [-0.2, -0.15) is 0 Å². The van der Waals surface area contributed by atoms with Crippen molar-refractivity contribution in [1.82, 2.24) is 14.5 Å².